The third-order valence-electron chi connectivity index (χ3n) is 1.96. The Morgan fingerprint density at radius 3 is 2.92 bits per heavy atom. The summed E-state index contributed by atoms with van der Waals surface area (Å²) in [6.07, 6.45) is 3.09. The second kappa shape index (κ2) is 3.52. The smallest absolute Gasteiger partial charge is 0.243 e. The van der Waals surface area contributed by atoms with Crippen LogP contribution >= 0.6 is 0 Å². The molecule has 0 spiro atoms. The largest absolute Gasteiger partial charge is 0.273 e. The molecule has 1 unspecified atom stereocenters. The van der Waals surface area contributed by atoms with E-state index in [0.717, 1.165) is 12.1 Å². The van der Waals surface area contributed by atoms with Crippen molar-refractivity contribution in [1.82, 2.24) is 5.01 Å². The molecular weight excluding hydrogens is 152 g/mol. The number of carbonyl (C=O) groups is 1. The van der Waals surface area contributed by atoms with Crippen LogP contribution in [0.5, 0.6) is 0 Å². The van der Waals surface area contributed by atoms with Gasteiger partial charge in [0.25, 0.3) is 0 Å². The molecule has 3 nitrogen and oxygen atoms in total. The number of rotatable bonds is 2. The van der Waals surface area contributed by atoms with Gasteiger partial charge in [-0.05, 0) is 20.3 Å². The van der Waals surface area contributed by atoms with Crippen LogP contribution in [0.25, 0.3) is 0 Å². The van der Waals surface area contributed by atoms with Gasteiger partial charge in [-0.25, -0.2) is 5.01 Å². The van der Waals surface area contributed by atoms with Crippen LogP contribution < -0.4 is 0 Å². The molecule has 0 N–H and O–H groups in total. The molecule has 3 heteroatoms. The minimum absolute atomic E-state index is 0.00718. The zero-order valence-corrected chi connectivity index (χ0v) is 7.58. The molecule has 0 aromatic rings. The van der Waals surface area contributed by atoms with Crippen LogP contribution in [0, 0.1) is 0 Å². The van der Waals surface area contributed by atoms with E-state index in [4.69, 9.17) is 0 Å². The molecule has 1 atom stereocenters. The first-order valence-electron chi connectivity index (χ1n) is 4.14. The van der Waals surface area contributed by atoms with Gasteiger partial charge in [0, 0.05) is 12.1 Å². The molecule has 1 aliphatic heterocycles. The molecule has 0 radical (unpaired) electrons. The van der Waals surface area contributed by atoms with Gasteiger partial charge in [0.05, 0.1) is 6.04 Å². The highest BCUT2D eigenvalue weighted by atomic mass is 16.2. The van der Waals surface area contributed by atoms with Gasteiger partial charge < -0.3 is 0 Å². The lowest BCUT2D eigenvalue weighted by Gasteiger charge is -2.25. The molecule has 0 fully saturated rings. The van der Waals surface area contributed by atoms with Crippen LogP contribution in [-0.4, -0.2) is 22.7 Å². The third-order valence-corrected chi connectivity index (χ3v) is 1.96. The Labute approximate surface area is 72.8 Å². The Bertz CT molecular complexity index is 233. The average Bonchev–Trinajstić information content (AvgIpc) is 2.08. The summed E-state index contributed by atoms with van der Waals surface area (Å²) in [6.45, 7) is 7.48. The third kappa shape index (κ3) is 1.72. The molecule has 1 amide bonds. The van der Waals surface area contributed by atoms with Gasteiger partial charge in [0.2, 0.25) is 5.91 Å². The van der Waals surface area contributed by atoms with E-state index in [1.807, 2.05) is 13.8 Å². The fourth-order valence-electron chi connectivity index (χ4n) is 1.11. The Morgan fingerprint density at radius 2 is 2.33 bits per heavy atom. The maximum Gasteiger partial charge on any atom is 0.243 e. The zero-order chi connectivity index (χ0) is 9.14. The second-order valence-corrected chi connectivity index (χ2v) is 3.05. The zero-order valence-electron chi connectivity index (χ0n) is 7.58. The highest BCUT2D eigenvalue weighted by Gasteiger charge is 2.21. The molecule has 1 aliphatic rings. The van der Waals surface area contributed by atoms with E-state index in [0.29, 0.717) is 6.42 Å². The van der Waals surface area contributed by atoms with Crippen molar-refractivity contribution in [3.63, 3.8) is 0 Å². The lowest BCUT2D eigenvalue weighted by atomic mass is 10.1. The SMILES string of the molecule is C=CC(C)N1N=C(C)CCC1=O. The summed E-state index contributed by atoms with van der Waals surface area (Å²) in [5, 5.41) is 5.67. The highest BCUT2D eigenvalue weighted by molar-refractivity contribution is 5.91. The van der Waals surface area contributed by atoms with Gasteiger partial charge in [-0.3, -0.25) is 4.79 Å². The Kier molecular flexibility index (Phi) is 2.63. The molecule has 0 aromatic heterocycles. The summed E-state index contributed by atoms with van der Waals surface area (Å²) in [6, 6.07) is 0.00718. The van der Waals surface area contributed by atoms with E-state index in [2.05, 4.69) is 11.7 Å². The summed E-state index contributed by atoms with van der Waals surface area (Å²) < 4.78 is 0. The lowest BCUT2D eigenvalue weighted by Crippen LogP contribution is -2.36. The summed E-state index contributed by atoms with van der Waals surface area (Å²) in [7, 11) is 0. The van der Waals surface area contributed by atoms with Crippen LogP contribution in [0.15, 0.2) is 17.8 Å². The first-order chi connectivity index (χ1) is 5.65. The van der Waals surface area contributed by atoms with Crippen LogP contribution in [0.2, 0.25) is 0 Å². The summed E-state index contributed by atoms with van der Waals surface area (Å²) in [4.78, 5) is 11.3. The maximum atomic E-state index is 11.3. The molecule has 0 bridgehead atoms. The number of hydrazone groups is 1. The van der Waals surface area contributed by atoms with Crippen LogP contribution in [0.3, 0.4) is 0 Å². The van der Waals surface area contributed by atoms with Gasteiger partial charge in [0.15, 0.2) is 0 Å². The minimum atomic E-state index is 0.00718. The summed E-state index contributed by atoms with van der Waals surface area (Å²) in [5.74, 6) is 0.0907. The molecule has 12 heavy (non-hydrogen) atoms. The maximum absolute atomic E-state index is 11.3. The number of carbonyl (C=O) groups excluding carboxylic acids is 1. The van der Waals surface area contributed by atoms with Crippen molar-refractivity contribution in [2.45, 2.75) is 32.7 Å². The average molecular weight is 166 g/mol. The normalized spacial score (nSPS) is 20.3. The monoisotopic (exact) mass is 166 g/mol. The molecule has 0 saturated carbocycles. The van der Waals surface area contributed by atoms with Crippen molar-refractivity contribution in [3.8, 4) is 0 Å². The predicted molar refractivity (Wildman–Crippen MR) is 48.8 cm³/mol. The van der Waals surface area contributed by atoms with E-state index in [1.165, 1.54) is 5.01 Å². The van der Waals surface area contributed by atoms with E-state index < -0.39 is 0 Å². The predicted octanol–water partition coefficient (Wildman–Crippen LogP) is 1.56. The van der Waals surface area contributed by atoms with Crippen LogP contribution in [-0.2, 0) is 4.79 Å². The Hall–Kier alpha value is -1.12. The van der Waals surface area contributed by atoms with Crippen molar-refractivity contribution in [1.29, 1.82) is 0 Å². The van der Waals surface area contributed by atoms with Gasteiger partial charge in [0.1, 0.15) is 0 Å². The molecular formula is C9H14N2O. The number of amides is 1. The number of nitrogens with zero attached hydrogens (tertiary/aromatic N) is 2. The van der Waals surface area contributed by atoms with Gasteiger partial charge in [-0.15, -0.1) is 6.58 Å². The topological polar surface area (TPSA) is 32.7 Å². The highest BCUT2D eigenvalue weighted by Crippen LogP contribution is 2.12. The van der Waals surface area contributed by atoms with E-state index in [9.17, 15) is 4.79 Å². The molecule has 0 aromatic carbocycles. The first-order valence-corrected chi connectivity index (χ1v) is 4.14. The van der Waals surface area contributed by atoms with Crippen LogP contribution in [0.4, 0.5) is 0 Å². The molecule has 1 rings (SSSR count). The van der Waals surface area contributed by atoms with Crippen LogP contribution in [0.1, 0.15) is 26.7 Å². The number of hydrogen-bond donors (Lipinski definition) is 0. The fraction of sp³-hybridized carbons (Fsp3) is 0.556. The van der Waals surface area contributed by atoms with Gasteiger partial charge in [-0.2, -0.15) is 5.10 Å². The van der Waals surface area contributed by atoms with E-state index in [-0.39, 0.29) is 11.9 Å². The van der Waals surface area contributed by atoms with Crippen molar-refractivity contribution in [2.24, 2.45) is 5.10 Å². The van der Waals surface area contributed by atoms with Crippen molar-refractivity contribution in [2.75, 3.05) is 0 Å². The minimum Gasteiger partial charge on any atom is -0.273 e. The fourth-order valence-corrected chi connectivity index (χ4v) is 1.11. The molecule has 0 saturated heterocycles. The molecule has 66 valence electrons. The Morgan fingerprint density at radius 1 is 1.67 bits per heavy atom. The standard InChI is InChI=1S/C9H14N2O/c1-4-8(3)11-9(12)6-5-7(2)10-11/h4,8H,1,5-6H2,2-3H3. The van der Waals surface area contributed by atoms with Gasteiger partial charge in [-0.1, -0.05) is 6.08 Å². The quantitative estimate of drug-likeness (QED) is 0.573. The van der Waals surface area contributed by atoms with Crippen molar-refractivity contribution >= 4 is 11.6 Å². The second-order valence-electron chi connectivity index (χ2n) is 3.05. The first kappa shape index (κ1) is 8.97. The van der Waals surface area contributed by atoms with Crippen molar-refractivity contribution < 1.29 is 4.79 Å². The Balaban J connectivity index is 2.79. The van der Waals surface area contributed by atoms with E-state index >= 15 is 0 Å². The lowest BCUT2D eigenvalue weighted by molar-refractivity contribution is -0.132. The van der Waals surface area contributed by atoms with E-state index in [1.54, 1.807) is 6.08 Å². The summed E-state index contributed by atoms with van der Waals surface area (Å²) in [5.41, 5.74) is 1.02. The van der Waals surface area contributed by atoms with Gasteiger partial charge >= 0.3 is 0 Å². The molecule has 0 aliphatic carbocycles. The molecule has 1 heterocycles. The van der Waals surface area contributed by atoms with Crippen molar-refractivity contribution in [3.05, 3.63) is 12.7 Å². The number of hydrogen-bond acceptors (Lipinski definition) is 2. The summed E-state index contributed by atoms with van der Waals surface area (Å²) >= 11 is 0.